The van der Waals surface area contributed by atoms with Crippen molar-refractivity contribution in [2.45, 2.75) is 18.4 Å². The number of hydrogen-bond acceptors (Lipinski definition) is 4. The van der Waals surface area contributed by atoms with Gasteiger partial charge in [-0.2, -0.15) is 5.10 Å². The van der Waals surface area contributed by atoms with Gasteiger partial charge in [0.2, 0.25) is 5.88 Å². The Morgan fingerprint density at radius 2 is 2.08 bits per heavy atom. The molecule has 0 bridgehead atoms. The van der Waals surface area contributed by atoms with Crippen molar-refractivity contribution in [1.82, 2.24) is 14.8 Å². The van der Waals surface area contributed by atoms with Gasteiger partial charge in [-0.05, 0) is 18.1 Å². The van der Waals surface area contributed by atoms with Crippen LogP contribution in [0.1, 0.15) is 34.4 Å². The van der Waals surface area contributed by atoms with Gasteiger partial charge in [-0.1, -0.05) is 41.9 Å². The van der Waals surface area contributed by atoms with E-state index in [4.69, 9.17) is 16.3 Å². The minimum Gasteiger partial charge on any atom is -0.481 e. The van der Waals surface area contributed by atoms with E-state index in [1.165, 1.54) is 5.56 Å². The number of methoxy groups -OCH3 is 1. The van der Waals surface area contributed by atoms with Crippen LogP contribution in [0.4, 0.5) is 0 Å². The fourth-order valence-electron chi connectivity index (χ4n) is 3.16. The molecule has 1 saturated carbocycles. The molecule has 1 fully saturated rings. The highest BCUT2D eigenvalue weighted by Gasteiger charge is 2.42. The largest absolute Gasteiger partial charge is 0.481 e. The number of benzene rings is 1. The molecule has 25 heavy (non-hydrogen) atoms. The van der Waals surface area contributed by atoms with Crippen molar-refractivity contribution in [3.8, 4) is 17.1 Å². The molecule has 0 saturated heterocycles. The number of aromatic nitrogens is 3. The van der Waals surface area contributed by atoms with Gasteiger partial charge in [0.15, 0.2) is 6.29 Å². The average molecular weight is 354 g/mol. The van der Waals surface area contributed by atoms with Crippen molar-refractivity contribution in [3.63, 3.8) is 0 Å². The van der Waals surface area contributed by atoms with Gasteiger partial charge in [0.05, 0.1) is 30.1 Å². The zero-order valence-electron chi connectivity index (χ0n) is 13.6. The molecule has 0 spiro atoms. The lowest BCUT2D eigenvalue weighted by molar-refractivity contribution is 0.111. The van der Waals surface area contributed by atoms with Crippen LogP contribution in [0.5, 0.6) is 5.88 Å². The highest BCUT2D eigenvalue weighted by Crippen LogP contribution is 2.52. The van der Waals surface area contributed by atoms with Gasteiger partial charge in [0.1, 0.15) is 5.69 Å². The van der Waals surface area contributed by atoms with Crippen molar-refractivity contribution in [2.24, 2.45) is 0 Å². The van der Waals surface area contributed by atoms with Crippen LogP contribution in [0.2, 0.25) is 5.02 Å². The quantitative estimate of drug-likeness (QED) is 0.646. The van der Waals surface area contributed by atoms with E-state index in [0.29, 0.717) is 22.5 Å². The molecular formula is C19H16ClN3O2. The molecule has 0 radical (unpaired) electrons. The van der Waals surface area contributed by atoms with Gasteiger partial charge in [-0.15, -0.1) is 0 Å². The summed E-state index contributed by atoms with van der Waals surface area (Å²) in [6, 6.07) is 14.1. The molecule has 0 N–H and O–H groups in total. The van der Waals surface area contributed by atoms with Crippen molar-refractivity contribution < 1.29 is 9.53 Å². The van der Waals surface area contributed by atoms with E-state index in [-0.39, 0.29) is 6.04 Å². The number of nitrogens with zero attached hydrogens (tertiary/aromatic N) is 3. The van der Waals surface area contributed by atoms with Crippen LogP contribution < -0.4 is 4.74 Å². The van der Waals surface area contributed by atoms with E-state index in [1.807, 2.05) is 22.9 Å². The van der Waals surface area contributed by atoms with Crippen molar-refractivity contribution in [2.75, 3.05) is 7.11 Å². The fraction of sp³-hybridized carbons (Fsp3) is 0.211. The van der Waals surface area contributed by atoms with Crippen LogP contribution in [0.25, 0.3) is 11.3 Å². The van der Waals surface area contributed by atoms with Gasteiger partial charge in [-0.25, -0.2) is 4.98 Å². The molecule has 6 heteroatoms. The highest BCUT2D eigenvalue weighted by molar-refractivity contribution is 6.33. The Balaban J connectivity index is 1.75. The number of hydrogen-bond donors (Lipinski definition) is 0. The first-order chi connectivity index (χ1) is 12.2. The van der Waals surface area contributed by atoms with E-state index < -0.39 is 0 Å². The molecule has 126 valence electrons. The van der Waals surface area contributed by atoms with E-state index in [9.17, 15) is 4.79 Å². The summed E-state index contributed by atoms with van der Waals surface area (Å²) in [7, 11) is 1.56. The lowest BCUT2D eigenvalue weighted by Gasteiger charge is -2.10. The molecule has 3 aromatic rings. The Morgan fingerprint density at radius 1 is 1.28 bits per heavy atom. The van der Waals surface area contributed by atoms with Crippen LogP contribution in [-0.2, 0) is 0 Å². The number of aldehydes is 1. The zero-order chi connectivity index (χ0) is 17.4. The Bertz CT molecular complexity index is 924. The van der Waals surface area contributed by atoms with Crippen molar-refractivity contribution >= 4 is 17.9 Å². The second-order valence-corrected chi connectivity index (χ2v) is 6.45. The third kappa shape index (κ3) is 2.91. The first-order valence-corrected chi connectivity index (χ1v) is 8.38. The normalized spacial score (nSPS) is 18.8. The number of rotatable bonds is 5. The summed E-state index contributed by atoms with van der Waals surface area (Å²) in [5.41, 5.74) is 3.23. The summed E-state index contributed by atoms with van der Waals surface area (Å²) in [6.45, 7) is 0. The molecule has 1 unspecified atom stereocenters. The van der Waals surface area contributed by atoms with Gasteiger partial charge in [0, 0.05) is 17.5 Å². The lowest BCUT2D eigenvalue weighted by Crippen LogP contribution is -2.02. The third-order valence-corrected chi connectivity index (χ3v) is 4.79. The molecule has 0 aliphatic heterocycles. The smallest absolute Gasteiger partial charge is 0.213 e. The average Bonchev–Trinajstić information content (AvgIpc) is 3.34. The van der Waals surface area contributed by atoms with Gasteiger partial charge in [-0.3, -0.25) is 9.48 Å². The lowest BCUT2D eigenvalue weighted by atomic mass is 10.1. The van der Waals surface area contributed by atoms with Crippen LogP contribution in [0.3, 0.4) is 0 Å². The summed E-state index contributed by atoms with van der Waals surface area (Å²) in [5, 5.41) is 4.96. The maximum Gasteiger partial charge on any atom is 0.213 e. The highest BCUT2D eigenvalue weighted by atomic mass is 35.5. The zero-order valence-corrected chi connectivity index (χ0v) is 14.3. The molecule has 2 heterocycles. The second-order valence-electron chi connectivity index (χ2n) is 6.04. The van der Waals surface area contributed by atoms with Gasteiger partial charge < -0.3 is 4.74 Å². The predicted octanol–water partition coefficient (Wildman–Crippen LogP) is 4.15. The fourth-order valence-corrected chi connectivity index (χ4v) is 3.36. The molecule has 1 aliphatic carbocycles. The molecule has 5 nitrogen and oxygen atoms in total. The standard InChI is InChI=1S/C19H16ClN3O2/c1-25-19-9-15(16(20)10-21-19)17-7-13(11-24)22-23(17)18-8-14(18)12-5-3-2-4-6-12/h2-7,9-11,14,18H,8H2,1H3/t14-,18?/m0/s1. The second kappa shape index (κ2) is 6.33. The van der Waals surface area contributed by atoms with E-state index in [1.54, 1.807) is 25.4 Å². The number of carbonyl (C=O) groups is 1. The molecule has 2 atom stereocenters. The number of pyridine rings is 1. The van der Waals surface area contributed by atoms with E-state index >= 15 is 0 Å². The number of carbonyl (C=O) groups excluding carboxylic acids is 1. The number of halogens is 1. The van der Waals surface area contributed by atoms with Gasteiger partial charge in [0.25, 0.3) is 0 Å². The summed E-state index contributed by atoms with van der Waals surface area (Å²) in [5.74, 6) is 0.858. The number of ether oxygens (including phenoxy) is 1. The van der Waals surface area contributed by atoms with Crippen LogP contribution >= 0.6 is 11.6 Å². The van der Waals surface area contributed by atoms with Crippen LogP contribution in [-0.4, -0.2) is 28.2 Å². The molecule has 2 aromatic heterocycles. The summed E-state index contributed by atoms with van der Waals surface area (Å²) in [6.07, 6.45) is 3.29. The van der Waals surface area contributed by atoms with Crippen molar-refractivity contribution in [3.05, 3.63) is 64.9 Å². The summed E-state index contributed by atoms with van der Waals surface area (Å²) < 4.78 is 7.11. The van der Waals surface area contributed by atoms with Crippen LogP contribution in [0, 0.1) is 0 Å². The Kier molecular flexibility index (Phi) is 4.01. The monoisotopic (exact) mass is 353 g/mol. The summed E-state index contributed by atoms with van der Waals surface area (Å²) >= 11 is 6.34. The van der Waals surface area contributed by atoms with E-state index in [0.717, 1.165) is 24.0 Å². The Morgan fingerprint density at radius 3 is 2.80 bits per heavy atom. The molecule has 1 aliphatic rings. The SMILES string of the molecule is COc1cc(-c2cc(C=O)nn2C2C[C@H]2c2ccccc2)c(Cl)cn1. The Labute approximate surface area is 150 Å². The van der Waals surface area contributed by atoms with E-state index in [2.05, 4.69) is 22.2 Å². The van der Waals surface area contributed by atoms with Crippen LogP contribution in [0.15, 0.2) is 48.7 Å². The molecular weight excluding hydrogens is 338 g/mol. The Hall–Kier alpha value is -2.66. The first kappa shape index (κ1) is 15.8. The topological polar surface area (TPSA) is 57.0 Å². The maximum absolute atomic E-state index is 11.3. The molecule has 4 rings (SSSR count). The summed E-state index contributed by atoms with van der Waals surface area (Å²) in [4.78, 5) is 15.4. The maximum atomic E-state index is 11.3. The minimum atomic E-state index is 0.210. The predicted molar refractivity (Wildman–Crippen MR) is 95.2 cm³/mol. The third-order valence-electron chi connectivity index (χ3n) is 4.49. The van der Waals surface area contributed by atoms with Crippen molar-refractivity contribution in [1.29, 1.82) is 0 Å². The molecule has 1 aromatic carbocycles. The molecule has 0 amide bonds. The van der Waals surface area contributed by atoms with Gasteiger partial charge >= 0.3 is 0 Å². The first-order valence-electron chi connectivity index (χ1n) is 8.01. The minimum absolute atomic E-state index is 0.210.